The van der Waals surface area contributed by atoms with Crippen molar-refractivity contribution in [3.63, 3.8) is 0 Å². The Labute approximate surface area is 474 Å². The zero-order chi connectivity index (χ0) is 54.6. The van der Waals surface area contributed by atoms with Gasteiger partial charge in [-0.2, -0.15) is 0 Å². The van der Waals surface area contributed by atoms with E-state index in [1.165, 1.54) is 61.3 Å². The fourth-order valence-corrected chi connectivity index (χ4v) is 10.8. The fourth-order valence-electron chi connectivity index (χ4n) is 10.8. The summed E-state index contributed by atoms with van der Waals surface area (Å²) in [6.07, 6.45) is 12.0. The summed E-state index contributed by atoms with van der Waals surface area (Å²) in [5, 5.41) is 0. The molecule has 0 amide bonds. The zero-order valence-electron chi connectivity index (χ0n) is 46.1. The fraction of sp³-hybridized carbons (Fsp3) is 0.0769. The Balaban J connectivity index is 0.773. The van der Waals surface area contributed by atoms with E-state index < -0.39 is 0 Å². The van der Waals surface area contributed by atoms with Gasteiger partial charge in [-0.25, -0.2) is 0 Å². The van der Waals surface area contributed by atoms with Gasteiger partial charge in [0, 0.05) is 40.0 Å². The van der Waals surface area contributed by atoms with E-state index in [0.29, 0.717) is 0 Å². The second-order valence-corrected chi connectivity index (χ2v) is 20.9. The number of anilines is 6. The van der Waals surface area contributed by atoms with Gasteiger partial charge in [-0.15, -0.1) is 0 Å². The highest BCUT2D eigenvalue weighted by Crippen LogP contribution is 2.40. The highest BCUT2D eigenvalue weighted by Gasteiger charge is 2.19. The Morgan fingerprint density at radius 3 is 0.988 bits per heavy atom. The molecule has 0 heterocycles. The largest absolute Gasteiger partial charge is 0.310 e. The quantitative estimate of drug-likeness (QED) is 0.0839. The van der Waals surface area contributed by atoms with Gasteiger partial charge in [0.15, 0.2) is 0 Å². The molecule has 0 aromatic heterocycles. The minimum absolute atomic E-state index is 0.276. The molecule has 0 aliphatic heterocycles. The summed E-state index contributed by atoms with van der Waals surface area (Å²) in [7, 11) is 0. The average Bonchev–Trinajstić information content (AvgIpc) is 3.51. The molecule has 0 radical (unpaired) electrons. The molecule has 0 N–H and O–H groups in total. The third-order valence-electron chi connectivity index (χ3n) is 15.0. The summed E-state index contributed by atoms with van der Waals surface area (Å²) in [6, 6.07) is 101. The van der Waals surface area contributed by atoms with Crippen molar-refractivity contribution in [1.82, 2.24) is 0 Å². The molecule has 2 heteroatoms. The van der Waals surface area contributed by atoms with Crippen molar-refractivity contribution >= 4 is 70.1 Å². The number of benzene rings is 11. The molecule has 11 aromatic rings. The maximum atomic E-state index is 2.38. The molecule has 11 aromatic carbocycles. The van der Waals surface area contributed by atoms with Gasteiger partial charge in [0.1, 0.15) is 0 Å². The van der Waals surface area contributed by atoms with Gasteiger partial charge in [0.25, 0.3) is 0 Å². The molecule has 0 saturated carbocycles. The van der Waals surface area contributed by atoms with Gasteiger partial charge < -0.3 is 9.80 Å². The predicted octanol–water partition coefficient (Wildman–Crippen LogP) is 21.2. The summed E-state index contributed by atoms with van der Waals surface area (Å²) >= 11 is 0. The average molecular weight is 1030 g/mol. The van der Waals surface area contributed by atoms with E-state index in [9.17, 15) is 0 Å². The van der Waals surface area contributed by atoms with Crippen molar-refractivity contribution in [2.45, 2.75) is 40.0 Å². The summed E-state index contributed by atoms with van der Waals surface area (Å²) in [4.78, 5) is 4.74. The van der Waals surface area contributed by atoms with Crippen LogP contribution in [0.3, 0.4) is 0 Å². The molecule has 0 bridgehead atoms. The maximum absolute atomic E-state index is 2.38. The number of nitrogens with zero attached hydrogens (tertiary/aromatic N) is 2. The molecule has 0 saturated heterocycles. The molecule has 2 nitrogen and oxygen atoms in total. The van der Waals surface area contributed by atoms with Crippen molar-refractivity contribution in [2.75, 3.05) is 9.80 Å². The molecule has 11 rings (SSSR count). The van der Waals surface area contributed by atoms with E-state index in [1.807, 2.05) is 0 Å². The maximum Gasteiger partial charge on any atom is 0.0490 e. The Kier molecular flexibility index (Phi) is 16.2. The molecule has 0 spiro atoms. The summed E-state index contributed by atoms with van der Waals surface area (Å²) in [5.41, 5.74) is 25.1. The first-order valence-corrected chi connectivity index (χ1v) is 27.8. The highest BCUT2D eigenvalue weighted by molar-refractivity contribution is 5.92. The van der Waals surface area contributed by atoms with Crippen LogP contribution in [0, 0.1) is 27.7 Å². The molecule has 0 aliphatic carbocycles. The normalized spacial score (nSPS) is 11.3. The first kappa shape index (κ1) is 52.3. The molecule has 0 unspecified atom stereocenters. The Morgan fingerprint density at radius 1 is 0.325 bits per heavy atom. The molecule has 0 atom stereocenters. The highest BCUT2D eigenvalue weighted by atomic mass is 15.1. The van der Waals surface area contributed by atoms with Crippen LogP contribution in [0.1, 0.15) is 83.8 Å². The lowest BCUT2D eigenvalue weighted by Gasteiger charge is -2.28. The zero-order valence-corrected chi connectivity index (χ0v) is 46.1. The monoisotopic (exact) mass is 1030 g/mol. The van der Waals surface area contributed by atoms with E-state index in [1.54, 1.807) is 0 Å². The van der Waals surface area contributed by atoms with E-state index in [4.69, 9.17) is 0 Å². The molecular formula is C78H66N2. The molecule has 80 heavy (non-hydrogen) atoms. The van der Waals surface area contributed by atoms with Crippen LogP contribution in [0.25, 0.3) is 36.0 Å². The number of rotatable bonds is 17. The molecule has 0 fully saturated rings. The third kappa shape index (κ3) is 12.6. The van der Waals surface area contributed by atoms with Crippen molar-refractivity contribution < 1.29 is 0 Å². The van der Waals surface area contributed by atoms with Crippen LogP contribution in [-0.2, 0) is 6.42 Å². The lowest BCUT2D eigenvalue weighted by molar-refractivity contribution is 0.805. The second-order valence-electron chi connectivity index (χ2n) is 20.9. The Bertz CT molecular complexity index is 3800. The van der Waals surface area contributed by atoms with Crippen LogP contribution in [0.2, 0.25) is 0 Å². The van der Waals surface area contributed by atoms with Crippen molar-refractivity contribution in [3.8, 4) is 0 Å². The van der Waals surface area contributed by atoms with Gasteiger partial charge in [-0.1, -0.05) is 254 Å². The summed E-state index contributed by atoms with van der Waals surface area (Å²) in [5.74, 6) is 0.276. The van der Waals surface area contributed by atoms with Gasteiger partial charge >= 0.3 is 0 Å². The van der Waals surface area contributed by atoms with Crippen molar-refractivity contribution in [3.05, 3.63) is 357 Å². The van der Waals surface area contributed by atoms with E-state index >= 15 is 0 Å². The number of aryl methyl sites for hydroxylation is 4. The van der Waals surface area contributed by atoms with Gasteiger partial charge in [0.05, 0.1) is 0 Å². The van der Waals surface area contributed by atoms with Gasteiger partial charge in [-0.3, -0.25) is 0 Å². The molecule has 0 aliphatic rings. The van der Waals surface area contributed by atoms with Crippen LogP contribution in [0.4, 0.5) is 34.1 Å². The smallest absolute Gasteiger partial charge is 0.0490 e. The Morgan fingerprint density at radius 2 is 0.637 bits per heavy atom. The van der Waals surface area contributed by atoms with E-state index in [-0.39, 0.29) is 5.92 Å². The van der Waals surface area contributed by atoms with E-state index in [0.717, 1.165) is 62.7 Å². The topological polar surface area (TPSA) is 6.48 Å². The number of hydrogen-bond acceptors (Lipinski definition) is 2. The second kappa shape index (κ2) is 24.7. The van der Waals surface area contributed by atoms with Gasteiger partial charge in [-0.05, 0) is 173 Å². The Hall–Kier alpha value is -9.76. The minimum Gasteiger partial charge on any atom is -0.310 e. The standard InChI is InChI=1S/C78H66N2/c1-57-25-51-77(59(3)53-57)79(73-47-39-65(40-48-73)55-75(67-17-9-5-10-18-67)68-19-11-6-12-20-68)71-43-35-63(36-44-71)33-31-61-27-29-62(30-28-61)32-34-64-37-45-72(46-38-64)80(78-52-26-58(2)54-60(78)4)74-49-41-66(42-50-74)56-76(69-21-13-7-14-22-69)70-23-15-8-16-24-70/h5-55,76H,56H2,1-4H3. The van der Waals surface area contributed by atoms with Crippen molar-refractivity contribution in [2.24, 2.45) is 0 Å². The lowest BCUT2D eigenvalue weighted by atomic mass is 9.86. The van der Waals surface area contributed by atoms with Crippen LogP contribution >= 0.6 is 0 Å². The first-order valence-electron chi connectivity index (χ1n) is 27.8. The predicted molar refractivity (Wildman–Crippen MR) is 344 cm³/mol. The minimum atomic E-state index is 0.276. The van der Waals surface area contributed by atoms with Crippen LogP contribution in [0.5, 0.6) is 0 Å². The SMILES string of the molecule is Cc1ccc(N(c2ccc(C=Cc3ccc(C=Cc4ccc(N(c5ccc(CC(c6ccccc6)c6ccccc6)cc5)c5ccc(C)cc5C)cc4)cc3)cc2)c2ccc(C=C(c3ccccc3)c3ccccc3)cc2)c(C)c1. The van der Waals surface area contributed by atoms with Crippen LogP contribution in [0.15, 0.2) is 279 Å². The molecular weight excluding hydrogens is 965 g/mol. The van der Waals surface area contributed by atoms with Crippen molar-refractivity contribution in [1.29, 1.82) is 0 Å². The lowest BCUT2D eigenvalue weighted by Crippen LogP contribution is -2.12. The molecule has 388 valence electrons. The first-order chi connectivity index (χ1) is 39.3. The summed E-state index contributed by atoms with van der Waals surface area (Å²) < 4.78 is 0. The summed E-state index contributed by atoms with van der Waals surface area (Å²) in [6.45, 7) is 8.72. The van der Waals surface area contributed by atoms with E-state index in [2.05, 4.69) is 347 Å². The van der Waals surface area contributed by atoms with Crippen LogP contribution < -0.4 is 9.80 Å². The van der Waals surface area contributed by atoms with Crippen LogP contribution in [-0.4, -0.2) is 0 Å². The van der Waals surface area contributed by atoms with Gasteiger partial charge in [0.2, 0.25) is 0 Å². The third-order valence-corrected chi connectivity index (χ3v) is 15.0. The number of hydrogen-bond donors (Lipinski definition) is 0.